The minimum Gasteiger partial charge on any atom is -0.392 e. The fraction of sp³-hybridized carbons (Fsp3) is 0.333. The summed E-state index contributed by atoms with van der Waals surface area (Å²) in [5.74, 6) is -0.162. The molecule has 0 spiro atoms. The molecule has 0 aliphatic heterocycles. The number of rotatable bonds is 5. The number of aliphatic hydroxyl groups is 1. The quantitative estimate of drug-likeness (QED) is 0.823. The van der Waals surface area contributed by atoms with E-state index in [2.05, 4.69) is 14.9 Å². The molecular formula is C12H15FN4O3S. The maximum atomic E-state index is 13.6. The number of aromatic nitrogens is 3. The average Bonchev–Trinajstić information content (AvgIpc) is 2.85. The number of sulfonamides is 1. The molecule has 0 aliphatic carbocycles. The van der Waals surface area contributed by atoms with Crippen LogP contribution in [0.5, 0.6) is 0 Å². The first kappa shape index (κ1) is 15.5. The molecule has 2 N–H and O–H groups in total. The fourth-order valence-corrected chi connectivity index (χ4v) is 2.90. The summed E-state index contributed by atoms with van der Waals surface area (Å²) in [6.45, 7) is 0.833. The molecule has 0 aliphatic rings. The molecule has 1 aromatic carbocycles. The highest BCUT2D eigenvalue weighted by Crippen LogP contribution is 2.19. The first-order chi connectivity index (χ1) is 9.85. The van der Waals surface area contributed by atoms with E-state index in [1.165, 1.54) is 19.3 Å². The van der Waals surface area contributed by atoms with Crippen LogP contribution in [-0.2, 0) is 30.2 Å². The van der Waals surface area contributed by atoms with E-state index in [9.17, 15) is 12.8 Å². The van der Waals surface area contributed by atoms with Crippen molar-refractivity contribution in [3.05, 3.63) is 41.2 Å². The van der Waals surface area contributed by atoms with Crippen LogP contribution in [0.3, 0.4) is 0 Å². The van der Waals surface area contributed by atoms with E-state index in [0.717, 1.165) is 6.07 Å². The summed E-state index contributed by atoms with van der Waals surface area (Å²) in [5, 5.41) is 16.5. The van der Waals surface area contributed by atoms with E-state index in [0.29, 0.717) is 5.82 Å². The average molecular weight is 314 g/mol. The number of aliphatic hydroxyl groups excluding tert-OH is 1. The molecule has 0 unspecified atom stereocenters. The third-order valence-corrected chi connectivity index (χ3v) is 4.39. The van der Waals surface area contributed by atoms with Gasteiger partial charge in [0.05, 0.1) is 18.0 Å². The maximum Gasteiger partial charge on any atom is 0.240 e. The molecule has 0 bridgehead atoms. The van der Waals surface area contributed by atoms with Crippen molar-refractivity contribution in [2.45, 2.75) is 25.0 Å². The number of nitrogens with zero attached hydrogens (tertiary/aromatic N) is 3. The molecule has 21 heavy (non-hydrogen) atoms. The molecule has 1 heterocycles. The van der Waals surface area contributed by atoms with Crippen molar-refractivity contribution >= 4 is 10.0 Å². The monoisotopic (exact) mass is 314 g/mol. The van der Waals surface area contributed by atoms with Crippen molar-refractivity contribution in [1.29, 1.82) is 0 Å². The van der Waals surface area contributed by atoms with E-state index in [1.54, 1.807) is 11.6 Å². The molecule has 0 atom stereocenters. The van der Waals surface area contributed by atoms with Gasteiger partial charge in [-0.05, 0) is 24.6 Å². The Bertz CT molecular complexity index is 758. The van der Waals surface area contributed by atoms with Gasteiger partial charge in [0.1, 0.15) is 18.0 Å². The molecule has 0 saturated carbocycles. The Labute approximate surface area is 121 Å². The van der Waals surface area contributed by atoms with Gasteiger partial charge in [-0.15, -0.1) is 10.2 Å². The zero-order valence-corrected chi connectivity index (χ0v) is 12.4. The number of hydrogen-bond donors (Lipinski definition) is 2. The summed E-state index contributed by atoms with van der Waals surface area (Å²) in [7, 11) is -2.14. The largest absolute Gasteiger partial charge is 0.392 e. The summed E-state index contributed by atoms with van der Waals surface area (Å²) < 4.78 is 42.0. The van der Waals surface area contributed by atoms with Gasteiger partial charge >= 0.3 is 0 Å². The van der Waals surface area contributed by atoms with Gasteiger partial charge < -0.3 is 9.67 Å². The lowest BCUT2D eigenvalue weighted by Gasteiger charge is -2.10. The summed E-state index contributed by atoms with van der Waals surface area (Å²) in [6, 6.07) is 2.33. The van der Waals surface area contributed by atoms with Crippen molar-refractivity contribution < 1.29 is 17.9 Å². The summed E-state index contributed by atoms with van der Waals surface area (Å²) in [4.78, 5) is -0.104. The van der Waals surface area contributed by atoms with Gasteiger partial charge in [0.15, 0.2) is 0 Å². The van der Waals surface area contributed by atoms with Crippen LogP contribution < -0.4 is 4.72 Å². The molecule has 0 radical (unpaired) electrons. The van der Waals surface area contributed by atoms with Gasteiger partial charge in [-0.1, -0.05) is 0 Å². The van der Waals surface area contributed by atoms with Crippen molar-refractivity contribution in [1.82, 2.24) is 19.5 Å². The second kappa shape index (κ2) is 5.88. The van der Waals surface area contributed by atoms with Gasteiger partial charge in [0, 0.05) is 12.6 Å². The minimum atomic E-state index is -3.83. The fourth-order valence-electron chi connectivity index (χ4n) is 1.79. The highest BCUT2D eigenvalue weighted by atomic mass is 32.2. The first-order valence-corrected chi connectivity index (χ1v) is 7.56. The Morgan fingerprint density at radius 1 is 1.43 bits per heavy atom. The molecule has 0 fully saturated rings. The Morgan fingerprint density at radius 3 is 2.71 bits per heavy atom. The number of halogens is 1. The third kappa shape index (κ3) is 3.26. The number of aryl methyl sites for hydroxylation is 2. The van der Waals surface area contributed by atoms with Crippen LogP contribution in [0.4, 0.5) is 4.39 Å². The summed E-state index contributed by atoms with van der Waals surface area (Å²) >= 11 is 0. The molecule has 1 aromatic heterocycles. The number of nitrogens with one attached hydrogen (secondary N) is 1. The topological polar surface area (TPSA) is 97.1 Å². The molecule has 0 amide bonds. The molecule has 2 aromatic rings. The molecule has 2 rings (SSSR count). The predicted octanol–water partition coefficient (Wildman–Crippen LogP) is 0.233. The number of benzene rings is 1. The van der Waals surface area contributed by atoms with E-state index in [-0.39, 0.29) is 22.6 Å². The smallest absolute Gasteiger partial charge is 0.240 e. The second-order valence-corrected chi connectivity index (χ2v) is 6.32. The van der Waals surface area contributed by atoms with E-state index in [4.69, 9.17) is 5.11 Å². The molecule has 9 heteroatoms. The van der Waals surface area contributed by atoms with Crippen LogP contribution in [0.2, 0.25) is 0 Å². The molecule has 114 valence electrons. The van der Waals surface area contributed by atoms with E-state index >= 15 is 0 Å². The van der Waals surface area contributed by atoms with Gasteiger partial charge in [-0.3, -0.25) is 0 Å². The Kier molecular flexibility index (Phi) is 4.35. The van der Waals surface area contributed by atoms with Gasteiger partial charge in [-0.2, -0.15) is 0 Å². The Balaban J connectivity index is 2.27. The molecule has 7 nitrogen and oxygen atoms in total. The van der Waals surface area contributed by atoms with Crippen LogP contribution in [-0.4, -0.2) is 28.3 Å². The highest BCUT2D eigenvalue weighted by molar-refractivity contribution is 7.89. The van der Waals surface area contributed by atoms with E-state index < -0.39 is 22.4 Å². The van der Waals surface area contributed by atoms with E-state index in [1.807, 2.05) is 0 Å². The molecular weight excluding hydrogens is 299 g/mol. The SMILES string of the molecule is Cc1cc(S(=O)(=O)NCc2nncn2C)cc(CO)c1F. The van der Waals surface area contributed by atoms with Crippen molar-refractivity contribution in [2.75, 3.05) is 0 Å². The predicted molar refractivity (Wildman–Crippen MR) is 72.1 cm³/mol. The minimum absolute atomic E-state index is 0.0380. The van der Waals surface area contributed by atoms with Crippen LogP contribution in [0.1, 0.15) is 17.0 Å². The van der Waals surface area contributed by atoms with Crippen LogP contribution in [0.25, 0.3) is 0 Å². The zero-order chi connectivity index (χ0) is 15.6. The van der Waals surface area contributed by atoms with Gasteiger partial charge in [0.25, 0.3) is 0 Å². The highest BCUT2D eigenvalue weighted by Gasteiger charge is 2.18. The normalized spacial score (nSPS) is 11.8. The summed E-state index contributed by atoms with van der Waals surface area (Å²) in [5.41, 5.74) is 0.0922. The first-order valence-electron chi connectivity index (χ1n) is 6.07. The van der Waals surface area contributed by atoms with Crippen LogP contribution in [0.15, 0.2) is 23.4 Å². The maximum absolute atomic E-state index is 13.6. The zero-order valence-electron chi connectivity index (χ0n) is 11.5. The van der Waals surface area contributed by atoms with Crippen molar-refractivity contribution in [2.24, 2.45) is 7.05 Å². The summed E-state index contributed by atoms with van der Waals surface area (Å²) in [6.07, 6.45) is 1.45. The number of hydrogen-bond acceptors (Lipinski definition) is 5. The Morgan fingerprint density at radius 2 is 2.14 bits per heavy atom. The lowest BCUT2D eigenvalue weighted by Crippen LogP contribution is -2.25. The standard InChI is InChI=1S/C12H15FN4O3S/c1-8-3-10(4-9(6-18)12(8)13)21(19,20)15-5-11-16-14-7-17(11)2/h3-4,7,15,18H,5-6H2,1-2H3. The van der Waals surface area contributed by atoms with Gasteiger partial charge in [-0.25, -0.2) is 17.5 Å². The Hall–Kier alpha value is -1.84. The lowest BCUT2D eigenvalue weighted by molar-refractivity contribution is 0.275. The van der Waals surface area contributed by atoms with Gasteiger partial charge in [0.2, 0.25) is 10.0 Å². The van der Waals surface area contributed by atoms with Crippen LogP contribution in [0, 0.1) is 12.7 Å². The van der Waals surface area contributed by atoms with Crippen LogP contribution >= 0.6 is 0 Å². The van der Waals surface area contributed by atoms with Crippen molar-refractivity contribution in [3.63, 3.8) is 0 Å². The third-order valence-electron chi connectivity index (χ3n) is 3.01. The van der Waals surface area contributed by atoms with Crippen molar-refractivity contribution in [3.8, 4) is 0 Å². The molecule has 0 saturated heterocycles. The second-order valence-electron chi connectivity index (χ2n) is 4.55. The lowest BCUT2D eigenvalue weighted by atomic mass is 10.1.